The van der Waals surface area contributed by atoms with E-state index >= 15 is 0 Å². The van der Waals surface area contributed by atoms with E-state index in [1.807, 2.05) is 6.07 Å². The SMILES string of the molecule is CCC(NCC1CCC(C(=O)O)CC1)c1ccccc1. The quantitative estimate of drug-likeness (QED) is 0.833. The van der Waals surface area contributed by atoms with Crippen molar-refractivity contribution in [1.29, 1.82) is 0 Å². The highest BCUT2D eigenvalue weighted by Gasteiger charge is 2.26. The second-order valence-corrected chi connectivity index (χ2v) is 5.84. The Balaban J connectivity index is 1.79. The van der Waals surface area contributed by atoms with Crippen LogP contribution in [0, 0.1) is 11.8 Å². The lowest BCUT2D eigenvalue weighted by Gasteiger charge is -2.28. The maximum absolute atomic E-state index is 10.9. The molecule has 2 N–H and O–H groups in total. The molecule has 20 heavy (non-hydrogen) atoms. The van der Waals surface area contributed by atoms with Gasteiger partial charge in [0.25, 0.3) is 0 Å². The van der Waals surface area contributed by atoms with Gasteiger partial charge in [0.15, 0.2) is 0 Å². The maximum Gasteiger partial charge on any atom is 0.306 e. The molecule has 1 saturated carbocycles. The van der Waals surface area contributed by atoms with Gasteiger partial charge < -0.3 is 10.4 Å². The van der Waals surface area contributed by atoms with Crippen LogP contribution >= 0.6 is 0 Å². The first-order valence-electron chi connectivity index (χ1n) is 7.71. The van der Waals surface area contributed by atoms with Crippen LogP contribution in [0.2, 0.25) is 0 Å². The summed E-state index contributed by atoms with van der Waals surface area (Å²) in [5, 5.41) is 12.7. The molecule has 1 aromatic rings. The van der Waals surface area contributed by atoms with E-state index < -0.39 is 5.97 Å². The molecule has 0 saturated heterocycles. The number of hydrogen-bond acceptors (Lipinski definition) is 2. The Morgan fingerprint density at radius 2 is 1.90 bits per heavy atom. The predicted octanol–water partition coefficient (Wildman–Crippen LogP) is 3.62. The molecule has 2 rings (SSSR count). The van der Waals surface area contributed by atoms with Crippen molar-refractivity contribution in [2.24, 2.45) is 11.8 Å². The summed E-state index contributed by atoms with van der Waals surface area (Å²) in [6.07, 6.45) is 4.83. The van der Waals surface area contributed by atoms with E-state index in [2.05, 4.69) is 36.5 Å². The number of aliphatic carboxylic acids is 1. The molecule has 110 valence electrons. The van der Waals surface area contributed by atoms with Crippen LogP contribution in [0.4, 0.5) is 0 Å². The largest absolute Gasteiger partial charge is 0.481 e. The van der Waals surface area contributed by atoms with Crippen LogP contribution in [0.15, 0.2) is 30.3 Å². The van der Waals surface area contributed by atoms with E-state index in [0.29, 0.717) is 12.0 Å². The van der Waals surface area contributed by atoms with Gasteiger partial charge in [-0.2, -0.15) is 0 Å². The zero-order chi connectivity index (χ0) is 14.4. The lowest BCUT2D eigenvalue weighted by atomic mass is 9.82. The molecule has 3 nitrogen and oxygen atoms in total. The Morgan fingerprint density at radius 1 is 1.25 bits per heavy atom. The summed E-state index contributed by atoms with van der Waals surface area (Å²) in [6.45, 7) is 3.20. The summed E-state index contributed by atoms with van der Waals surface area (Å²) in [5.41, 5.74) is 1.34. The molecule has 0 heterocycles. The minimum atomic E-state index is -0.618. The Bertz CT molecular complexity index is 410. The molecule has 0 spiro atoms. The van der Waals surface area contributed by atoms with Crippen LogP contribution in [0.1, 0.15) is 50.6 Å². The molecular formula is C17H25NO2. The van der Waals surface area contributed by atoms with E-state index in [1.165, 1.54) is 5.56 Å². The summed E-state index contributed by atoms with van der Waals surface area (Å²) in [4.78, 5) is 10.9. The van der Waals surface area contributed by atoms with Crippen molar-refractivity contribution in [3.05, 3.63) is 35.9 Å². The summed E-state index contributed by atoms with van der Waals surface area (Å²) < 4.78 is 0. The summed E-state index contributed by atoms with van der Waals surface area (Å²) in [7, 11) is 0. The smallest absolute Gasteiger partial charge is 0.306 e. The van der Waals surface area contributed by atoms with Crippen LogP contribution < -0.4 is 5.32 Å². The lowest BCUT2D eigenvalue weighted by Crippen LogP contribution is -2.31. The number of carbonyl (C=O) groups is 1. The number of rotatable bonds is 6. The van der Waals surface area contributed by atoms with Gasteiger partial charge in [0.05, 0.1) is 5.92 Å². The van der Waals surface area contributed by atoms with E-state index in [0.717, 1.165) is 38.6 Å². The molecule has 0 aliphatic heterocycles. The third-order valence-corrected chi connectivity index (χ3v) is 4.46. The minimum Gasteiger partial charge on any atom is -0.481 e. The lowest BCUT2D eigenvalue weighted by molar-refractivity contribution is -0.143. The van der Waals surface area contributed by atoms with Gasteiger partial charge in [-0.1, -0.05) is 37.3 Å². The fraction of sp³-hybridized carbons (Fsp3) is 0.588. The summed E-state index contributed by atoms with van der Waals surface area (Å²) in [6, 6.07) is 11.0. The van der Waals surface area contributed by atoms with Crippen molar-refractivity contribution in [2.45, 2.75) is 45.1 Å². The number of nitrogens with one attached hydrogen (secondary N) is 1. The van der Waals surface area contributed by atoms with E-state index in [4.69, 9.17) is 5.11 Å². The first-order chi connectivity index (χ1) is 9.70. The fourth-order valence-corrected chi connectivity index (χ4v) is 3.11. The third-order valence-electron chi connectivity index (χ3n) is 4.46. The molecule has 1 aliphatic carbocycles. The van der Waals surface area contributed by atoms with Crippen molar-refractivity contribution in [2.75, 3.05) is 6.54 Å². The topological polar surface area (TPSA) is 49.3 Å². The standard InChI is InChI=1S/C17H25NO2/c1-2-16(14-6-4-3-5-7-14)18-12-13-8-10-15(11-9-13)17(19)20/h3-7,13,15-16,18H,2,8-12H2,1H3,(H,19,20). The Morgan fingerprint density at radius 3 is 2.45 bits per heavy atom. The monoisotopic (exact) mass is 275 g/mol. The van der Waals surface area contributed by atoms with Gasteiger partial charge in [0.2, 0.25) is 0 Å². The molecule has 3 heteroatoms. The maximum atomic E-state index is 10.9. The molecule has 0 amide bonds. The second kappa shape index (κ2) is 7.44. The molecular weight excluding hydrogens is 250 g/mol. The average Bonchev–Trinajstić information content (AvgIpc) is 2.49. The van der Waals surface area contributed by atoms with Gasteiger partial charge in [-0.15, -0.1) is 0 Å². The van der Waals surface area contributed by atoms with E-state index in [1.54, 1.807) is 0 Å². The normalized spacial score (nSPS) is 24.2. The van der Waals surface area contributed by atoms with E-state index in [-0.39, 0.29) is 5.92 Å². The van der Waals surface area contributed by atoms with Crippen LogP contribution in [-0.2, 0) is 4.79 Å². The highest BCUT2D eigenvalue weighted by molar-refractivity contribution is 5.69. The second-order valence-electron chi connectivity index (χ2n) is 5.84. The van der Waals surface area contributed by atoms with Gasteiger partial charge in [-0.05, 0) is 50.1 Å². The highest BCUT2D eigenvalue weighted by Crippen LogP contribution is 2.29. The van der Waals surface area contributed by atoms with Crippen LogP contribution in [0.3, 0.4) is 0 Å². The zero-order valence-electron chi connectivity index (χ0n) is 12.2. The molecule has 1 unspecified atom stereocenters. The van der Waals surface area contributed by atoms with Crippen molar-refractivity contribution in [1.82, 2.24) is 5.32 Å². The third kappa shape index (κ3) is 4.07. The van der Waals surface area contributed by atoms with Crippen LogP contribution in [0.25, 0.3) is 0 Å². The van der Waals surface area contributed by atoms with Crippen molar-refractivity contribution < 1.29 is 9.90 Å². The van der Waals surface area contributed by atoms with E-state index in [9.17, 15) is 4.79 Å². The molecule has 0 bridgehead atoms. The minimum absolute atomic E-state index is 0.109. The zero-order valence-corrected chi connectivity index (χ0v) is 12.2. The fourth-order valence-electron chi connectivity index (χ4n) is 3.11. The van der Waals surface area contributed by atoms with Gasteiger partial charge >= 0.3 is 5.97 Å². The van der Waals surface area contributed by atoms with Crippen LogP contribution in [-0.4, -0.2) is 17.6 Å². The van der Waals surface area contributed by atoms with Crippen molar-refractivity contribution in [3.63, 3.8) is 0 Å². The summed E-state index contributed by atoms with van der Waals surface area (Å²) in [5.74, 6) is -0.0992. The van der Waals surface area contributed by atoms with Gasteiger partial charge in [0, 0.05) is 6.04 Å². The Hall–Kier alpha value is -1.35. The van der Waals surface area contributed by atoms with Crippen molar-refractivity contribution in [3.8, 4) is 0 Å². The highest BCUT2D eigenvalue weighted by atomic mass is 16.4. The predicted molar refractivity (Wildman–Crippen MR) is 80.6 cm³/mol. The first-order valence-corrected chi connectivity index (χ1v) is 7.71. The number of carboxylic acids is 1. The van der Waals surface area contributed by atoms with Crippen molar-refractivity contribution >= 4 is 5.97 Å². The van der Waals surface area contributed by atoms with Gasteiger partial charge in [-0.25, -0.2) is 0 Å². The van der Waals surface area contributed by atoms with Gasteiger partial charge in [0.1, 0.15) is 0 Å². The number of carboxylic acid groups (broad SMARTS) is 1. The Kier molecular flexibility index (Phi) is 5.60. The average molecular weight is 275 g/mol. The molecule has 1 fully saturated rings. The molecule has 0 radical (unpaired) electrons. The summed E-state index contributed by atoms with van der Waals surface area (Å²) >= 11 is 0. The molecule has 1 aromatic carbocycles. The first kappa shape index (κ1) is 15.0. The van der Waals surface area contributed by atoms with Crippen LogP contribution in [0.5, 0.6) is 0 Å². The molecule has 1 aliphatic rings. The molecule has 0 aromatic heterocycles. The Labute approximate surface area is 121 Å². The molecule has 1 atom stereocenters. The van der Waals surface area contributed by atoms with Gasteiger partial charge in [-0.3, -0.25) is 4.79 Å². The number of benzene rings is 1. The number of hydrogen-bond donors (Lipinski definition) is 2.